The molecule has 0 amide bonds. The highest BCUT2D eigenvalue weighted by molar-refractivity contribution is 7.07. The van der Waals surface area contributed by atoms with Crippen LogP contribution in [0.2, 0.25) is 5.02 Å². The summed E-state index contributed by atoms with van der Waals surface area (Å²) in [6.45, 7) is 6.56. The van der Waals surface area contributed by atoms with E-state index in [4.69, 9.17) is 21.3 Å². The van der Waals surface area contributed by atoms with Gasteiger partial charge in [-0.1, -0.05) is 23.7 Å². The van der Waals surface area contributed by atoms with Crippen LogP contribution in [0.1, 0.15) is 20.8 Å². The van der Waals surface area contributed by atoms with Gasteiger partial charge in [0.25, 0.3) is 0 Å². The molecule has 25 heavy (non-hydrogen) atoms. The first-order valence-corrected chi connectivity index (χ1v) is 9.30. The van der Waals surface area contributed by atoms with Gasteiger partial charge in [0.05, 0.1) is 18.5 Å². The highest BCUT2D eigenvalue weighted by Crippen LogP contribution is 2.27. The van der Waals surface area contributed by atoms with E-state index in [1.54, 1.807) is 18.4 Å². The summed E-state index contributed by atoms with van der Waals surface area (Å²) in [6.07, 6.45) is 0. The molecule has 0 aliphatic carbocycles. The molecule has 0 fully saturated rings. The summed E-state index contributed by atoms with van der Waals surface area (Å²) in [4.78, 5) is 5.81. The van der Waals surface area contributed by atoms with Gasteiger partial charge in [-0.3, -0.25) is 0 Å². The van der Waals surface area contributed by atoms with Gasteiger partial charge in [0, 0.05) is 15.9 Å². The molecule has 0 saturated heterocycles. The number of rotatable bonds is 3. The molecule has 3 rings (SSSR count). The Morgan fingerprint density at radius 1 is 1.00 bits per heavy atom. The second-order valence-electron chi connectivity index (χ2n) is 6.73. The smallest absolute Gasteiger partial charge is 0.190 e. The zero-order valence-corrected chi connectivity index (χ0v) is 16.4. The third-order valence-electron chi connectivity index (χ3n) is 3.82. The number of hydrogen-bond donors (Lipinski definition) is 0. The number of hydrogen-bond acceptors (Lipinski definition) is 3. The fraction of sp³-hybridized carbons (Fsp3) is 0.250. The molecule has 0 unspecified atom stereocenters. The van der Waals surface area contributed by atoms with E-state index in [2.05, 4.69) is 30.7 Å². The van der Waals surface area contributed by atoms with Gasteiger partial charge in [0.2, 0.25) is 0 Å². The van der Waals surface area contributed by atoms with Gasteiger partial charge in [-0.15, -0.1) is 11.3 Å². The number of nitrogens with zero attached hydrogens (tertiary/aromatic N) is 2. The van der Waals surface area contributed by atoms with Gasteiger partial charge in [-0.2, -0.15) is 0 Å². The van der Waals surface area contributed by atoms with Gasteiger partial charge >= 0.3 is 0 Å². The lowest BCUT2D eigenvalue weighted by molar-refractivity contribution is 0.392. The minimum Gasteiger partial charge on any atom is -0.497 e. The van der Waals surface area contributed by atoms with Crippen molar-refractivity contribution in [2.75, 3.05) is 7.11 Å². The van der Waals surface area contributed by atoms with Crippen molar-refractivity contribution < 1.29 is 4.74 Å². The van der Waals surface area contributed by atoms with Crippen molar-refractivity contribution >= 4 is 28.6 Å². The number of ether oxygens (including phenoxy) is 1. The minimum absolute atomic E-state index is 0.0970. The van der Waals surface area contributed by atoms with Crippen LogP contribution in [0.15, 0.2) is 58.9 Å². The van der Waals surface area contributed by atoms with Crippen molar-refractivity contribution in [1.29, 1.82) is 0 Å². The Balaban J connectivity index is 2.14. The lowest BCUT2D eigenvalue weighted by atomic mass is 10.1. The Bertz CT molecular complexity index is 916. The number of thiazole rings is 1. The summed E-state index contributed by atoms with van der Waals surface area (Å²) < 4.78 is 7.48. The largest absolute Gasteiger partial charge is 0.497 e. The summed E-state index contributed by atoms with van der Waals surface area (Å²) in [5.41, 5.74) is 3.08. The first kappa shape index (κ1) is 17.8. The van der Waals surface area contributed by atoms with Crippen molar-refractivity contribution in [3.8, 4) is 17.0 Å². The van der Waals surface area contributed by atoms with E-state index in [-0.39, 0.29) is 5.54 Å². The molecule has 2 aromatic carbocycles. The molecule has 3 nitrogen and oxygen atoms in total. The third kappa shape index (κ3) is 3.97. The Hall–Kier alpha value is -2.04. The molecule has 0 atom stereocenters. The topological polar surface area (TPSA) is 26.5 Å². The third-order valence-corrected chi connectivity index (χ3v) is 4.89. The molecular formula is C20H21ClN2OS. The monoisotopic (exact) mass is 372 g/mol. The highest BCUT2D eigenvalue weighted by atomic mass is 35.5. The normalized spacial score (nSPS) is 12.4. The molecule has 0 spiro atoms. The van der Waals surface area contributed by atoms with Crippen LogP contribution >= 0.6 is 22.9 Å². The van der Waals surface area contributed by atoms with Crippen LogP contribution in [0.25, 0.3) is 11.3 Å². The SMILES string of the molecule is COc1ccc(N=c2scc(-c3ccc(Cl)cc3)n2C(C)(C)C)cc1. The summed E-state index contributed by atoms with van der Waals surface area (Å²) >= 11 is 7.67. The molecule has 0 N–H and O–H groups in total. The van der Waals surface area contributed by atoms with E-state index >= 15 is 0 Å². The number of methoxy groups -OCH3 is 1. The van der Waals surface area contributed by atoms with Crippen molar-refractivity contribution in [3.05, 3.63) is 63.7 Å². The summed E-state index contributed by atoms with van der Waals surface area (Å²) in [7, 11) is 1.66. The van der Waals surface area contributed by atoms with E-state index < -0.39 is 0 Å². The van der Waals surface area contributed by atoms with Crippen LogP contribution in [0, 0.1) is 0 Å². The maximum absolute atomic E-state index is 6.03. The van der Waals surface area contributed by atoms with Gasteiger partial charge in [0.15, 0.2) is 4.80 Å². The highest BCUT2D eigenvalue weighted by Gasteiger charge is 2.20. The first-order valence-electron chi connectivity index (χ1n) is 8.04. The van der Waals surface area contributed by atoms with Crippen LogP contribution in [-0.2, 0) is 5.54 Å². The Labute approximate surface area is 157 Å². The average Bonchev–Trinajstić information content (AvgIpc) is 3.00. The fourth-order valence-electron chi connectivity index (χ4n) is 2.63. The van der Waals surface area contributed by atoms with Crippen molar-refractivity contribution in [3.63, 3.8) is 0 Å². The first-order chi connectivity index (χ1) is 11.9. The quantitative estimate of drug-likeness (QED) is 0.565. The van der Waals surface area contributed by atoms with Crippen LogP contribution < -0.4 is 9.54 Å². The molecule has 3 aromatic rings. The van der Waals surface area contributed by atoms with Crippen molar-refractivity contribution in [2.45, 2.75) is 26.3 Å². The fourth-order valence-corrected chi connectivity index (χ4v) is 3.85. The second kappa shape index (κ2) is 7.06. The predicted octanol–water partition coefficient (Wildman–Crippen LogP) is 5.87. The molecule has 0 bridgehead atoms. The van der Waals surface area contributed by atoms with Crippen LogP contribution in [0.3, 0.4) is 0 Å². The summed E-state index contributed by atoms with van der Waals surface area (Å²) in [5.74, 6) is 0.829. The summed E-state index contributed by atoms with van der Waals surface area (Å²) in [5, 5.41) is 2.89. The molecule has 1 aromatic heterocycles. The van der Waals surface area contributed by atoms with E-state index in [1.807, 2.05) is 48.5 Å². The zero-order valence-electron chi connectivity index (χ0n) is 14.8. The molecule has 0 saturated carbocycles. The summed E-state index contributed by atoms with van der Waals surface area (Å²) in [6, 6.07) is 15.7. The molecule has 0 aliphatic heterocycles. The van der Waals surface area contributed by atoms with Crippen LogP contribution in [0.4, 0.5) is 5.69 Å². The Kier molecular flexibility index (Phi) is 5.02. The molecule has 130 valence electrons. The molecule has 0 aliphatic rings. The maximum Gasteiger partial charge on any atom is 0.190 e. The number of aromatic nitrogens is 1. The molecule has 0 radical (unpaired) electrons. The van der Waals surface area contributed by atoms with Crippen LogP contribution in [-0.4, -0.2) is 11.7 Å². The Morgan fingerprint density at radius 2 is 1.64 bits per heavy atom. The second-order valence-corrected chi connectivity index (χ2v) is 8.00. The Morgan fingerprint density at radius 3 is 2.20 bits per heavy atom. The van der Waals surface area contributed by atoms with Crippen molar-refractivity contribution in [2.24, 2.45) is 4.99 Å². The number of benzene rings is 2. The van der Waals surface area contributed by atoms with Crippen molar-refractivity contribution in [1.82, 2.24) is 4.57 Å². The average molecular weight is 373 g/mol. The van der Waals surface area contributed by atoms with E-state index in [0.717, 1.165) is 32.5 Å². The molecule has 1 heterocycles. The van der Waals surface area contributed by atoms with E-state index in [0.29, 0.717) is 0 Å². The zero-order chi connectivity index (χ0) is 18.0. The van der Waals surface area contributed by atoms with Gasteiger partial charge in [-0.25, -0.2) is 4.99 Å². The predicted molar refractivity (Wildman–Crippen MR) is 106 cm³/mol. The van der Waals surface area contributed by atoms with Gasteiger partial charge in [0.1, 0.15) is 5.75 Å². The lowest BCUT2D eigenvalue weighted by Gasteiger charge is -2.24. The molecular weight excluding hydrogens is 352 g/mol. The standard InChI is InChI=1S/C20H21ClN2OS/c1-20(2,3)23-18(14-5-7-15(21)8-6-14)13-25-19(23)22-16-9-11-17(24-4)12-10-16/h5-13H,1-4H3. The van der Waals surface area contributed by atoms with Gasteiger partial charge < -0.3 is 9.30 Å². The van der Waals surface area contributed by atoms with Gasteiger partial charge in [-0.05, 0) is 62.7 Å². The number of halogens is 1. The minimum atomic E-state index is -0.0970. The van der Waals surface area contributed by atoms with E-state index in [9.17, 15) is 0 Å². The molecule has 5 heteroatoms. The van der Waals surface area contributed by atoms with E-state index in [1.165, 1.54) is 0 Å². The lowest BCUT2D eigenvalue weighted by Crippen LogP contribution is -2.31. The maximum atomic E-state index is 6.03. The van der Waals surface area contributed by atoms with Crippen LogP contribution in [0.5, 0.6) is 5.75 Å².